The fourth-order valence-corrected chi connectivity index (χ4v) is 4.56. The van der Waals surface area contributed by atoms with Crippen molar-refractivity contribution < 1.29 is 13.9 Å². The van der Waals surface area contributed by atoms with E-state index in [1.807, 2.05) is 0 Å². The van der Waals surface area contributed by atoms with E-state index in [0.29, 0.717) is 23.2 Å². The number of piperazine rings is 1. The lowest BCUT2D eigenvalue weighted by Gasteiger charge is -2.46. The monoisotopic (exact) mass is 422 g/mol. The summed E-state index contributed by atoms with van der Waals surface area (Å²) >= 11 is 0. The van der Waals surface area contributed by atoms with Crippen molar-refractivity contribution in [2.45, 2.75) is 31.5 Å². The Morgan fingerprint density at radius 3 is 2.84 bits per heavy atom. The van der Waals surface area contributed by atoms with E-state index in [2.05, 4.69) is 10.4 Å². The number of nitrogens with one attached hydrogen (secondary N) is 1. The first kappa shape index (κ1) is 19.7. The van der Waals surface area contributed by atoms with Crippen molar-refractivity contribution in [1.29, 1.82) is 0 Å². The van der Waals surface area contributed by atoms with Crippen molar-refractivity contribution in [2.24, 2.45) is 0 Å². The van der Waals surface area contributed by atoms with Gasteiger partial charge in [0.15, 0.2) is 0 Å². The Morgan fingerprint density at radius 2 is 2.13 bits per heavy atom. The average Bonchev–Trinajstić information content (AvgIpc) is 2.82. The van der Waals surface area contributed by atoms with Crippen LogP contribution in [0.15, 0.2) is 47.4 Å². The quantitative estimate of drug-likeness (QED) is 0.698. The van der Waals surface area contributed by atoms with Gasteiger partial charge >= 0.3 is 0 Å². The second-order valence-corrected chi connectivity index (χ2v) is 8.16. The third kappa shape index (κ3) is 3.57. The Morgan fingerprint density at radius 1 is 1.26 bits per heavy atom. The molecule has 4 heterocycles. The largest absolute Gasteiger partial charge is 0.497 e. The fourth-order valence-electron chi connectivity index (χ4n) is 4.56. The number of benzene rings is 2. The van der Waals surface area contributed by atoms with E-state index < -0.39 is 5.82 Å². The molecule has 6 rings (SSSR count). The Labute approximate surface area is 178 Å². The number of methoxy groups -OCH3 is 1. The number of hydrogen-bond donors (Lipinski definition) is 1. The SMILES string of the molecule is COc1ccc2c(=O)cnn(Cc3ccc(F)c(C(=O)N4CC5CCC4CN5)c3)c2c1. The summed E-state index contributed by atoms with van der Waals surface area (Å²) in [5.41, 5.74) is 1.24. The number of halogens is 1. The molecular formula is C23H23FN4O3. The van der Waals surface area contributed by atoms with Gasteiger partial charge in [0.2, 0.25) is 5.43 Å². The molecule has 31 heavy (non-hydrogen) atoms. The highest BCUT2D eigenvalue weighted by atomic mass is 19.1. The lowest BCUT2D eigenvalue weighted by molar-refractivity contribution is 0.0436. The number of amides is 1. The zero-order valence-electron chi connectivity index (χ0n) is 17.2. The maximum Gasteiger partial charge on any atom is 0.257 e. The van der Waals surface area contributed by atoms with Crippen LogP contribution in [-0.2, 0) is 6.54 Å². The zero-order valence-corrected chi connectivity index (χ0v) is 17.2. The Balaban J connectivity index is 1.48. The minimum absolute atomic E-state index is 0.0768. The van der Waals surface area contributed by atoms with Gasteiger partial charge in [-0.25, -0.2) is 4.39 Å². The molecule has 3 aromatic rings. The number of piperidine rings is 2. The molecule has 0 spiro atoms. The molecule has 2 bridgehead atoms. The van der Waals surface area contributed by atoms with Gasteiger partial charge in [-0.1, -0.05) is 6.07 Å². The van der Waals surface area contributed by atoms with Crippen molar-refractivity contribution in [3.63, 3.8) is 0 Å². The third-order valence-corrected chi connectivity index (χ3v) is 6.27. The zero-order chi connectivity index (χ0) is 21.5. The Hall–Kier alpha value is -3.26. The number of ether oxygens (including phenoxy) is 1. The number of aromatic nitrogens is 2. The third-order valence-electron chi connectivity index (χ3n) is 6.27. The average molecular weight is 422 g/mol. The molecule has 3 fully saturated rings. The summed E-state index contributed by atoms with van der Waals surface area (Å²) < 4.78 is 21.6. The van der Waals surface area contributed by atoms with Gasteiger partial charge in [0.05, 0.1) is 30.9 Å². The minimum Gasteiger partial charge on any atom is -0.497 e. The number of fused-ring (bicyclic) bond motifs is 4. The topological polar surface area (TPSA) is 76.5 Å². The van der Waals surface area contributed by atoms with E-state index in [0.717, 1.165) is 24.9 Å². The highest BCUT2D eigenvalue weighted by molar-refractivity contribution is 5.95. The van der Waals surface area contributed by atoms with Crippen molar-refractivity contribution >= 4 is 16.8 Å². The summed E-state index contributed by atoms with van der Waals surface area (Å²) in [6.45, 7) is 1.66. The first-order chi connectivity index (χ1) is 15.0. The summed E-state index contributed by atoms with van der Waals surface area (Å²) in [6, 6.07) is 10.1. The van der Waals surface area contributed by atoms with Gasteiger partial charge in [0.25, 0.3) is 5.91 Å². The van der Waals surface area contributed by atoms with Gasteiger partial charge in [-0.15, -0.1) is 0 Å². The lowest BCUT2D eigenvalue weighted by Crippen LogP contribution is -2.62. The van der Waals surface area contributed by atoms with E-state index >= 15 is 0 Å². The summed E-state index contributed by atoms with van der Waals surface area (Å²) in [5, 5.41) is 8.18. The molecule has 2 unspecified atom stereocenters. The molecule has 0 saturated carbocycles. The van der Waals surface area contributed by atoms with E-state index in [4.69, 9.17) is 4.74 Å². The molecule has 160 valence electrons. The smallest absolute Gasteiger partial charge is 0.257 e. The molecule has 8 heteroatoms. The number of nitrogens with zero attached hydrogens (tertiary/aromatic N) is 3. The Kier molecular flexibility index (Phi) is 4.94. The van der Waals surface area contributed by atoms with Gasteiger partial charge < -0.3 is 15.0 Å². The molecule has 0 aliphatic carbocycles. The van der Waals surface area contributed by atoms with Crippen LogP contribution in [0.2, 0.25) is 0 Å². The number of rotatable bonds is 4. The highest BCUT2D eigenvalue weighted by Gasteiger charge is 2.37. The molecule has 2 aromatic carbocycles. The summed E-state index contributed by atoms with van der Waals surface area (Å²) in [6.07, 6.45) is 3.26. The van der Waals surface area contributed by atoms with Crippen molar-refractivity contribution in [1.82, 2.24) is 20.0 Å². The summed E-state index contributed by atoms with van der Waals surface area (Å²) in [5.74, 6) is -0.185. The standard InChI is InChI=1S/C23H23FN4O3/c1-31-17-5-6-18-21(9-17)28(26-11-22(18)29)12-14-2-7-20(24)19(8-14)23(30)27-13-15-3-4-16(27)10-25-15/h2,5-9,11,15-16,25H,3-4,10,12-13H2,1H3. The molecule has 0 radical (unpaired) electrons. The van der Waals surface area contributed by atoms with Crippen LogP contribution in [0.5, 0.6) is 5.75 Å². The minimum atomic E-state index is -0.525. The van der Waals surface area contributed by atoms with E-state index in [9.17, 15) is 14.0 Å². The molecule has 7 nitrogen and oxygen atoms in total. The van der Waals surface area contributed by atoms with Gasteiger partial charge in [-0.05, 0) is 42.7 Å². The van der Waals surface area contributed by atoms with Crippen LogP contribution >= 0.6 is 0 Å². The van der Waals surface area contributed by atoms with Gasteiger partial charge in [0.1, 0.15) is 11.6 Å². The van der Waals surface area contributed by atoms with Crippen LogP contribution in [0.4, 0.5) is 4.39 Å². The van der Waals surface area contributed by atoms with E-state index in [1.165, 1.54) is 12.3 Å². The van der Waals surface area contributed by atoms with Gasteiger partial charge in [-0.3, -0.25) is 14.3 Å². The molecule has 3 aliphatic rings. The van der Waals surface area contributed by atoms with Gasteiger partial charge in [0, 0.05) is 36.6 Å². The number of carbonyl (C=O) groups is 1. The van der Waals surface area contributed by atoms with Crippen LogP contribution in [-0.4, -0.2) is 52.9 Å². The molecule has 1 amide bonds. The number of hydrogen-bond acceptors (Lipinski definition) is 5. The lowest BCUT2D eigenvalue weighted by atomic mass is 9.92. The Bertz CT molecular complexity index is 1220. The first-order valence-electron chi connectivity index (χ1n) is 10.4. The van der Waals surface area contributed by atoms with Gasteiger partial charge in [-0.2, -0.15) is 5.10 Å². The molecule has 3 aliphatic heterocycles. The molecule has 1 aromatic heterocycles. The second kappa shape index (κ2) is 7.77. The van der Waals surface area contributed by atoms with Crippen molar-refractivity contribution in [3.05, 3.63) is 69.8 Å². The summed E-state index contributed by atoms with van der Waals surface area (Å²) in [4.78, 5) is 27.1. The maximum absolute atomic E-state index is 14.6. The predicted octanol–water partition coefficient (Wildman–Crippen LogP) is 2.17. The van der Waals surface area contributed by atoms with E-state index in [-0.39, 0.29) is 35.5 Å². The predicted molar refractivity (Wildman–Crippen MR) is 114 cm³/mol. The normalized spacial score (nSPS) is 20.3. The second-order valence-electron chi connectivity index (χ2n) is 8.16. The first-order valence-corrected chi connectivity index (χ1v) is 10.4. The summed E-state index contributed by atoms with van der Waals surface area (Å²) in [7, 11) is 1.56. The fraction of sp³-hybridized carbons (Fsp3) is 0.348. The highest BCUT2D eigenvalue weighted by Crippen LogP contribution is 2.26. The van der Waals surface area contributed by atoms with Crippen LogP contribution < -0.4 is 15.5 Å². The molecule has 3 saturated heterocycles. The van der Waals surface area contributed by atoms with Crippen LogP contribution in [0.3, 0.4) is 0 Å². The number of carbonyl (C=O) groups excluding carboxylic acids is 1. The van der Waals surface area contributed by atoms with Crippen molar-refractivity contribution in [2.75, 3.05) is 20.2 Å². The van der Waals surface area contributed by atoms with Crippen molar-refractivity contribution in [3.8, 4) is 5.75 Å². The molecule has 1 N–H and O–H groups in total. The van der Waals surface area contributed by atoms with Crippen LogP contribution in [0.25, 0.3) is 10.9 Å². The molecular weight excluding hydrogens is 399 g/mol. The maximum atomic E-state index is 14.6. The molecule has 2 atom stereocenters. The van der Waals surface area contributed by atoms with Crippen LogP contribution in [0.1, 0.15) is 28.8 Å². The van der Waals surface area contributed by atoms with E-state index in [1.54, 1.807) is 47.0 Å². The van der Waals surface area contributed by atoms with Crippen LogP contribution in [0, 0.1) is 5.82 Å².